The van der Waals surface area contributed by atoms with Crippen molar-refractivity contribution in [3.05, 3.63) is 23.9 Å². The van der Waals surface area contributed by atoms with Crippen molar-refractivity contribution in [2.45, 2.75) is 70.9 Å². The SMILES string of the molecule is CCN(CC)Cc1nc(C2(NC(=O)[C@@H]3CC=CCC3)CCCC2)no1. The monoisotopic (exact) mass is 346 g/mol. The van der Waals surface area contributed by atoms with Crippen molar-refractivity contribution in [2.24, 2.45) is 5.92 Å². The van der Waals surface area contributed by atoms with Crippen molar-refractivity contribution < 1.29 is 9.32 Å². The minimum Gasteiger partial charge on any atom is -0.343 e. The van der Waals surface area contributed by atoms with Gasteiger partial charge in [0.2, 0.25) is 11.8 Å². The number of nitrogens with one attached hydrogen (secondary N) is 1. The summed E-state index contributed by atoms with van der Waals surface area (Å²) in [7, 11) is 0. The smallest absolute Gasteiger partial charge is 0.240 e. The second-order valence-corrected chi connectivity index (χ2v) is 7.23. The molecular weight excluding hydrogens is 316 g/mol. The zero-order valence-corrected chi connectivity index (χ0v) is 15.5. The molecule has 0 aliphatic heterocycles. The first-order chi connectivity index (χ1) is 12.2. The van der Waals surface area contributed by atoms with E-state index in [1.54, 1.807) is 0 Å². The minimum absolute atomic E-state index is 0.0736. The lowest BCUT2D eigenvalue weighted by atomic mass is 9.90. The molecule has 0 bridgehead atoms. The van der Waals surface area contributed by atoms with Crippen LogP contribution in [0.4, 0.5) is 0 Å². The molecule has 6 nitrogen and oxygen atoms in total. The number of rotatable bonds is 7. The molecule has 0 spiro atoms. The fourth-order valence-electron chi connectivity index (χ4n) is 3.90. The Morgan fingerprint density at radius 2 is 2.08 bits per heavy atom. The van der Waals surface area contributed by atoms with Gasteiger partial charge in [0.15, 0.2) is 5.82 Å². The largest absolute Gasteiger partial charge is 0.343 e. The molecule has 1 heterocycles. The van der Waals surface area contributed by atoms with Gasteiger partial charge in [-0.05, 0) is 45.2 Å². The number of amides is 1. The van der Waals surface area contributed by atoms with Gasteiger partial charge in [-0.3, -0.25) is 9.69 Å². The van der Waals surface area contributed by atoms with Gasteiger partial charge in [0, 0.05) is 5.92 Å². The number of carbonyl (C=O) groups excluding carboxylic acids is 1. The van der Waals surface area contributed by atoms with E-state index in [0.717, 1.165) is 58.0 Å². The van der Waals surface area contributed by atoms with Crippen LogP contribution in [0, 0.1) is 5.92 Å². The van der Waals surface area contributed by atoms with E-state index >= 15 is 0 Å². The van der Waals surface area contributed by atoms with E-state index < -0.39 is 5.54 Å². The number of hydrogen-bond donors (Lipinski definition) is 1. The summed E-state index contributed by atoms with van der Waals surface area (Å²) in [6.07, 6.45) is 11.0. The highest BCUT2D eigenvalue weighted by molar-refractivity contribution is 5.80. The maximum Gasteiger partial charge on any atom is 0.240 e. The molecule has 25 heavy (non-hydrogen) atoms. The number of nitrogens with zero attached hydrogens (tertiary/aromatic N) is 3. The maximum atomic E-state index is 12.8. The van der Waals surface area contributed by atoms with E-state index in [2.05, 4.69) is 46.4 Å². The average Bonchev–Trinajstić information content (AvgIpc) is 3.30. The Balaban J connectivity index is 1.73. The summed E-state index contributed by atoms with van der Waals surface area (Å²) in [4.78, 5) is 19.7. The highest BCUT2D eigenvalue weighted by atomic mass is 16.5. The van der Waals surface area contributed by atoms with Gasteiger partial charge in [0.25, 0.3) is 0 Å². The minimum atomic E-state index is -0.441. The normalized spacial score (nSPS) is 22.4. The van der Waals surface area contributed by atoms with Crippen LogP contribution in [0.15, 0.2) is 16.7 Å². The van der Waals surface area contributed by atoms with Crippen LogP contribution in [-0.2, 0) is 16.9 Å². The van der Waals surface area contributed by atoms with Crippen molar-refractivity contribution in [3.63, 3.8) is 0 Å². The summed E-state index contributed by atoms with van der Waals surface area (Å²) in [5.41, 5.74) is -0.441. The Hall–Kier alpha value is -1.69. The first kappa shape index (κ1) is 18.1. The van der Waals surface area contributed by atoms with Crippen LogP contribution < -0.4 is 5.32 Å². The van der Waals surface area contributed by atoms with Crippen molar-refractivity contribution in [3.8, 4) is 0 Å². The molecule has 138 valence electrons. The van der Waals surface area contributed by atoms with Gasteiger partial charge in [-0.2, -0.15) is 4.98 Å². The lowest BCUT2D eigenvalue weighted by Gasteiger charge is -2.29. The molecule has 1 fully saturated rings. The van der Waals surface area contributed by atoms with Gasteiger partial charge in [0.05, 0.1) is 6.54 Å². The fraction of sp³-hybridized carbons (Fsp3) is 0.737. The topological polar surface area (TPSA) is 71.3 Å². The Kier molecular flexibility index (Phi) is 5.89. The fourth-order valence-corrected chi connectivity index (χ4v) is 3.90. The van der Waals surface area contributed by atoms with Gasteiger partial charge in [-0.1, -0.05) is 44.0 Å². The van der Waals surface area contributed by atoms with E-state index in [0.29, 0.717) is 18.3 Å². The quantitative estimate of drug-likeness (QED) is 0.768. The number of hydrogen-bond acceptors (Lipinski definition) is 5. The van der Waals surface area contributed by atoms with Crippen LogP contribution in [0.25, 0.3) is 0 Å². The molecule has 1 saturated carbocycles. The van der Waals surface area contributed by atoms with Gasteiger partial charge < -0.3 is 9.84 Å². The Morgan fingerprint density at radius 1 is 1.32 bits per heavy atom. The van der Waals surface area contributed by atoms with Crippen LogP contribution in [-0.4, -0.2) is 34.0 Å². The first-order valence-corrected chi connectivity index (χ1v) is 9.69. The second-order valence-electron chi connectivity index (χ2n) is 7.23. The third-order valence-electron chi connectivity index (χ3n) is 5.61. The molecule has 2 aliphatic rings. The average molecular weight is 346 g/mol. The van der Waals surface area contributed by atoms with Crippen LogP contribution in [0.3, 0.4) is 0 Å². The van der Waals surface area contributed by atoms with Crippen LogP contribution in [0.5, 0.6) is 0 Å². The highest BCUT2D eigenvalue weighted by Gasteiger charge is 2.42. The summed E-state index contributed by atoms with van der Waals surface area (Å²) in [5.74, 6) is 1.51. The maximum absolute atomic E-state index is 12.8. The van der Waals surface area contributed by atoms with Gasteiger partial charge in [0.1, 0.15) is 5.54 Å². The summed E-state index contributed by atoms with van der Waals surface area (Å²) in [5, 5.41) is 7.55. The summed E-state index contributed by atoms with van der Waals surface area (Å²) < 4.78 is 5.50. The molecule has 1 aromatic rings. The summed E-state index contributed by atoms with van der Waals surface area (Å²) >= 11 is 0. The summed E-state index contributed by atoms with van der Waals surface area (Å²) in [6.45, 7) is 6.81. The van der Waals surface area contributed by atoms with Crippen LogP contribution in [0.2, 0.25) is 0 Å². The lowest BCUT2D eigenvalue weighted by Crippen LogP contribution is -2.47. The molecule has 6 heteroatoms. The van der Waals surface area contributed by atoms with Crippen molar-refractivity contribution >= 4 is 5.91 Å². The molecule has 0 aromatic carbocycles. The highest BCUT2D eigenvalue weighted by Crippen LogP contribution is 2.38. The molecule has 0 radical (unpaired) electrons. The first-order valence-electron chi connectivity index (χ1n) is 9.69. The molecule has 2 aliphatic carbocycles. The lowest BCUT2D eigenvalue weighted by molar-refractivity contribution is -0.127. The van der Waals surface area contributed by atoms with E-state index in [9.17, 15) is 4.79 Å². The molecule has 1 N–H and O–H groups in total. The van der Waals surface area contributed by atoms with Gasteiger partial charge in [-0.15, -0.1) is 0 Å². The Labute approximate surface area is 150 Å². The zero-order chi connectivity index (χ0) is 17.7. The zero-order valence-electron chi connectivity index (χ0n) is 15.5. The predicted molar refractivity (Wildman–Crippen MR) is 95.7 cm³/mol. The summed E-state index contributed by atoms with van der Waals surface area (Å²) in [6, 6.07) is 0. The Bertz CT molecular complexity index is 600. The molecule has 1 amide bonds. The van der Waals surface area contributed by atoms with Gasteiger partial charge >= 0.3 is 0 Å². The Morgan fingerprint density at radius 3 is 2.72 bits per heavy atom. The number of allylic oxidation sites excluding steroid dienone is 2. The van der Waals surface area contributed by atoms with Gasteiger partial charge in [-0.25, -0.2) is 0 Å². The van der Waals surface area contributed by atoms with Crippen molar-refractivity contribution in [2.75, 3.05) is 13.1 Å². The van der Waals surface area contributed by atoms with E-state index in [1.807, 2.05) is 0 Å². The molecule has 0 saturated heterocycles. The van der Waals surface area contributed by atoms with Crippen molar-refractivity contribution in [1.29, 1.82) is 0 Å². The van der Waals surface area contributed by atoms with E-state index in [-0.39, 0.29) is 11.8 Å². The van der Waals surface area contributed by atoms with Crippen molar-refractivity contribution in [1.82, 2.24) is 20.4 Å². The third kappa shape index (κ3) is 4.11. The van der Waals surface area contributed by atoms with Crippen LogP contribution in [0.1, 0.15) is 70.5 Å². The molecular formula is C19H30N4O2. The number of aromatic nitrogens is 2. The van der Waals surface area contributed by atoms with E-state index in [1.165, 1.54) is 0 Å². The molecule has 1 aromatic heterocycles. The van der Waals surface area contributed by atoms with E-state index in [4.69, 9.17) is 4.52 Å². The predicted octanol–water partition coefficient (Wildman–Crippen LogP) is 3.15. The third-order valence-corrected chi connectivity index (χ3v) is 5.61. The molecule has 3 rings (SSSR count). The number of carbonyl (C=O) groups is 1. The second kappa shape index (κ2) is 8.13. The van der Waals surface area contributed by atoms with Crippen LogP contribution >= 0.6 is 0 Å². The molecule has 0 unspecified atom stereocenters. The standard InChI is InChI=1S/C19H30N4O2/c1-3-23(4-2)14-16-20-18(22-25-16)19(12-8-9-13-19)21-17(24)15-10-6-5-7-11-15/h5-6,15H,3-4,7-14H2,1-2H3,(H,21,24)/t15-/m1/s1. The molecule has 1 atom stereocenters.